The third-order valence-electron chi connectivity index (χ3n) is 4.65. The van der Waals surface area contributed by atoms with E-state index in [-0.39, 0.29) is 0 Å². The summed E-state index contributed by atoms with van der Waals surface area (Å²) in [4.78, 5) is 8.89. The van der Waals surface area contributed by atoms with Crippen molar-refractivity contribution in [2.75, 3.05) is 0 Å². The SMILES string of the molecule is Cc1cncc(C2=CCc3ccc(-c4nnc(-c5ccccc5)o4)cc32)n1. The molecule has 2 aromatic carbocycles. The fourth-order valence-electron chi connectivity index (χ4n) is 3.33. The van der Waals surface area contributed by atoms with Crippen LogP contribution in [-0.4, -0.2) is 20.2 Å². The normalized spacial score (nSPS) is 12.7. The van der Waals surface area contributed by atoms with Crippen LogP contribution in [0.5, 0.6) is 0 Å². The maximum Gasteiger partial charge on any atom is 0.248 e. The fourth-order valence-corrected chi connectivity index (χ4v) is 3.33. The number of aromatic nitrogens is 4. The molecule has 0 spiro atoms. The number of hydrogen-bond donors (Lipinski definition) is 0. The molecule has 0 fully saturated rings. The molecule has 0 radical (unpaired) electrons. The summed E-state index contributed by atoms with van der Waals surface area (Å²) < 4.78 is 5.91. The van der Waals surface area contributed by atoms with Crippen LogP contribution < -0.4 is 0 Å². The maximum atomic E-state index is 5.91. The summed E-state index contributed by atoms with van der Waals surface area (Å²) in [5.74, 6) is 1.03. The van der Waals surface area contributed by atoms with Gasteiger partial charge in [-0.05, 0) is 48.7 Å². The average molecular weight is 352 g/mol. The standard InChI is InChI=1S/C22H16N4O/c1-14-12-23-13-20(24-14)18-10-9-15-7-8-17(11-19(15)18)22-26-25-21(27-22)16-5-3-2-4-6-16/h2-8,10-13H,9H2,1H3. The Labute approximate surface area is 156 Å². The second-order valence-corrected chi connectivity index (χ2v) is 6.52. The van der Waals surface area contributed by atoms with Gasteiger partial charge in [-0.2, -0.15) is 0 Å². The van der Waals surface area contributed by atoms with Crippen molar-refractivity contribution in [3.63, 3.8) is 0 Å². The summed E-state index contributed by atoms with van der Waals surface area (Å²) in [5.41, 5.74) is 7.12. The van der Waals surface area contributed by atoms with Crippen LogP contribution in [0, 0.1) is 6.92 Å². The highest BCUT2D eigenvalue weighted by atomic mass is 16.4. The van der Waals surface area contributed by atoms with Crippen molar-refractivity contribution in [1.29, 1.82) is 0 Å². The second kappa shape index (κ2) is 6.29. The van der Waals surface area contributed by atoms with E-state index in [4.69, 9.17) is 4.42 Å². The zero-order valence-corrected chi connectivity index (χ0v) is 14.8. The average Bonchev–Trinajstić information content (AvgIpc) is 3.35. The minimum atomic E-state index is 0.512. The molecule has 1 aliphatic rings. The third-order valence-corrected chi connectivity index (χ3v) is 4.65. The summed E-state index contributed by atoms with van der Waals surface area (Å²) in [5, 5.41) is 8.43. The molecule has 5 rings (SSSR count). The van der Waals surface area contributed by atoms with Gasteiger partial charge >= 0.3 is 0 Å². The van der Waals surface area contributed by atoms with Gasteiger partial charge in [0.1, 0.15) is 0 Å². The van der Waals surface area contributed by atoms with E-state index in [1.54, 1.807) is 12.4 Å². The Hall–Kier alpha value is -3.60. The highest BCUT2D eigenvalue weighted by Crippen LogP contribution is 2.35. The molecule has 1 aliphatic carbocycles. The Morgan fingerprint density at radius 1 is 0.889 bits per heavy atom. The van der Waals surface area contributed by atoms with Gasteiger partial charge in [0, 0.05) is 22.9 Å². The first kappa shape index (κ1) is 15.6. The van der Waals surface area contributed by atoms with Crippen molar-refractivity contribution in [2.24, 2.45) is 0 Å². The van der Waals surface area contributed by atoms with Crippen LogP contribution in [0.4, 0.5) is 0 Å². The van der Waals surface area contributed by atoms with Gasteiger partial charge in [0.25, 0.3) is 0 Å². The van der Waals surface area contributed by atoms with Gasteiger partial charge < -0.3 is 4.42 Å². The first-order valence-electron chi connectivity index (χ1n) is 8.80. The van der Waals surface area contributed by atoms with Gasteiger partial charge in [0.05, 0.1) is 17.6 Å². The van der Waals surface area contributed by atoms with E-state index >= 15 is 0 Å². The van der Waals surface area contributed by atoms with E-state index in [1.165, 1.54) is 5.56 Å². The van der Waals surface area contributed by atoms with Gasteiger partial charge in [-0.1, -0.05) is 30.3 Å². The lowest BCUT2D eigenvalue weighted by molar-refractivity contribution is 0.584. The van der Waals surface area contributed by atoms with Gasteiger partial charge in [-0.25, -0.2) is 4.98 Å². The van der Waals surface area contributed by atoms with Crippen LogP contribution in [0.1, 0.15) is 22.5 Å². The smallest absolute Gasteiger partial charge is 0.248 e. The quantitative estimate of drug-likeness (QED) is 0.543. The summed E-state index contributed by atoms with van der Waals surface area (Å²) in [6, 6.07) is 16.0. The second-order valence-electron chi connectivity index (χ2n) is 6.52. The van der Waals surface area contributed by atoms with Gasteiger partial charge in [0.2, 0.25) is 11.8 Å². The minimum Gasteiger partial charge on any atom is -0.416 e. The van der Waals surface area contributed by atoms with E-state index < -0.39 is 0 Å². The molecule has 2 heterocycles. The first-order valence-corrected chi connectivity index (χ1v) is 8.80. The van der Waals surface area contributed by atoms with Crippen molar-refractivity contribution in [2.45, 2.75) is 13.3 Å². The van der Waals surface area contributed by atoms with Crippen molar-refractivity contribution in [3.05, 3.63) is 89.5 Å². The maximum absolute atomic E-state index is 5.91. The number of aryl methyl sites for hydroxylation is 1. The van der Waals surface area contributed by atoms with Crippen molar-refractivity contribution >= 4 is 5.57 Å². The van der Waals surface area contributed by atoms with Crippen LogP contribution in [0.25, 0.3) is 28.5 Å². The summed E-state index contributed by atoms with van der Waals surface area (Å²) in [6.07, 6.45) is 6.65. The molecule has 0 saturated heterocycles. The lowest BCUT2D eigenvalue weighted by atomic mass is 10.0. The van der Waals surface area contributed by atoms with Gasteiger partial charge in [-0.3, -0.25) is 4.98 Å². The van der Waals surface area contributed by atoms with Crippen molar-refractivity contribution < 1.29 is 4.42 Å². The number of fused-ring (bicyclic) bond motifs is 1. The molecule has 0 saturated carbocycles. The Kier molecular flexibility index (Phi) is 3.64. The lowest BCUT2D eigenvalue weighted by Crippen LogP contribution is -1.94. The molecule has 5 nitrogen and oxygen atoms in total. The van der Waals surface area contributed by atoms with E-state index in [2.05, 4.69) is 38.4 Å². The summed E-state index contributed by atoms with van der Waals surface area (Å²) >= 11 is 0. The Morgan fingerprint density at radius 2 is 1.70 bits per heavy atom. The minimum absolute atomic E-state index is 0.512. The molecule has 2 aromatic heterocycles. The lowest BCUT2D eigenvalue weighted by Gasteiger charge is -2.07. The van der Waals surface area contributed by atoms with Crippen molar-refractivity contribution in [1.82, 2.24) is 20.2 Å². The molecule has 5 heteroatoms. The zero-order valence-electron chi connectivity index (χ0n) is 14.8. The molecular formula is C22H16N4O. The van der Waals surface area contributed by atoms with Crippen LogP contribution in [0.2, 0.25) is 0 Å². The summed E-state index contributed by atoms with van der Waals surface area (Å²) in [7, 11) is 0. The number of hydrogen-bond acceptors (Lipinski definition) is 5. The Bertz CT molecular complexity index is 1160. The first-order chi connectivity index (χ1) is 13.3. The van der Waals surface area contributed by atoms with Crippen molar-refractivity contribution in [3.8, 4) is 22.9 Å². The topological polar surface area (TPSA) is 64.7 Å². The molecular weight excluding hydrogens is 336 g/mol. The summed E-state index contributed by atoms with van der Waals surface area (Å²) in [6.45, 7) is 1.95. The van der Waals surface area contributed by atoms with E-state index in [0.29, 0.717) is 11.8 Å². The van der Waals surface area contributed by atoms with E-state index in [1.807, 2.05) is 43.3 Å². The highest BCUT2D eigenvalue weighted by molar-refractivity contribution is 5.84. The number of nitrogens with zero attached hydrogens (tertiary/aromatic N) is 4. The van der Waals surface area contributed by atoms with E-state index in [9.17, 15) is 0 Å². The van der Waals surface area contributed by atoms with Crippen LogP contribution >= 0.6 is 0 Å². The fraction of sp³-hybridized carbons (Fsp3) is 0.0909. The van der Waals surface area contributed by atoms with Crippen LogP contribution in [-0.2, 0) is 6.42 Å². The largest absolute Gasteiger partial charge is 0.416 e. The predicted octanol–water partition coefficient (Wildman–Crippen LogP) is 4.49. The molecule has 0 amide bonds. The zero-order chi connectivity index (χ0) is 18.2. The van der Waals surface area contributed by atoms with Crippen LogP contribution in [0.3, 0.4) is 0 Å². The monoisotopic (exact) mass is 352 g/mol. The molecule has 0 N–H and O–H groups in total. The molecule has 0 bridgehead atoms. The number of allylic oxidation sites excluding steroid dienone is 1. The Morgan fingerprint density at radius 3 is 2.52 bits per heavy atom. The molecule has 27 heavy (non-hydrogen) atoms. The molecule has 4 aromatic rings. The number of rotatable bonds is 3. The molecule has 0 unspecified atom stereocenters. The third kappa shape index (κ3) is 2.83. The molecule has 0 aliphatic heterocycles. The van der Waals surface area contributed by atoms with Crippen LogP contribution in [0.15, 0.2) is 71.4 Å². The Balaban J connectivity index is 1.53. The van der Waals surface area contributed by atoms with Gasteiger partial charge in [-0.15, -0.1) is 10.2 Å². The molecule has 0 atom stereocenters. The van der Waals surface area contributed by atoms with Gasteiger partial charge in [0.15, 0.2) is 0 Å². The van der Waals surface area contributed by atoms with E-state index in [0.717, 1.165) is 40.1 Å². The highest BCUT2D eigenvalue weighted by Gasteiger charge is 2.19. The molecule has 130 valence electrons. The number of benzene rings is 2. The predicted molar refractivity (Wildman–Crippen MR) is 103 cm³/mol.